The SMILES string of the molecule is CC(=O)OC[C@]12CC[C@H]3[C@@H](CC(=O)[C@]45O[C@H]4C=CC(=O)[C@]35C)[C@]1(O)CC[C@@]2(O)[C@@](C)(O)C1CC(C)=C(C)C(=O)O1. The molecule has 218 valence electrons. The third-order valence-corrected chi connectivity index (χ3v) is 12.1. The number of carbonyl (C=O) groups excluding carboxylic acids is 4. The number of carbonyl (C=O) groups is 4. The van der Waals surface area contributed by atoms with Gasteiger partial charge in [0.05, 0.1) is 16.4 Å². The highest BCUT2D eigenvalue weighted by atomic mass is 16.6. The summed E-state index contributed by atoms with van der Waals surface area (Å²) in [5.41, 5.74) is -8.80. The Morgan fingerprint density at radius 3 is 2.48 bits per heavy atom. The summed E-state index contributed by atoms with van der Waals surface area (Å²) >= 11 is 0. The largest absolute Gasteiger partial charge is 0.465 e. The summed E-state index contributed by atoms with van der Waals surface area (Å²) in [5, 5.41) is 37.4. The summed E-state index contributed by atoms with van der Waals surface area (Å²) in [7, 11) is 0. The van der Waals surface area contributed by atoms with Crippen LogP contribution in [0.25, 0.3) is 0 Å². The fourth-order valence-corrected chi connectivity index (χ4v) is 9.45. The second kappa shape index (κ2) is 8.12. The van der Waals surface area contributed by atoms with Gasteiger partial charge in [0.2, 0.25) is 0 Å². The molecule has 6 aliphatic rings. The molecule has 1 saturated heterocycles. The molecule has 0 aromatic rings. The zero-order chi connectivity index (χ0) is 29.3. The lowest BCUT2D eigenvalue weighted by molar-refractivity contribution is -0.297. The van der Waals surface area contributed by atoms with E-state index in [2.05, 4.69) is 0 Å². The van der Waals surface area contributed by atoms with Crippen LogP contribution in [0.15, 0.2) is 23.3 Å². The van der Waals surface area contributed by atoms with Crippen molar-refractivity contribution < 1.29 is 48.7 Å². The molecular formula is C30H38O10. The standard InChI is InChI=1S/C30H38O10/c1-15-12-23(39-24(34)16(15)2)26(5,35)29(37)11-10-28(36)19-13-21(33)30-22(40-30)7-6-20(32)25(30,4)18(19)8-9-27(28,29)14-38-17(3)31/h6-7,18-19,22-23,35-37H,8-14H2,1-5H3/t18-,19+,22-,23?,25-,26-,27+,28+,29+,30-/m0/s1. The minimum atomic E-state index is -2.07. The monoisotopic (exact) mass is 558 g/mol. The predicted molar refractivity (Wildman–Crippen MR) is 137 cm³/mol. The van der Waals surface area contributed by atoms with Gasteiger partial charge in [-0.3, -0.25) is 14.4 Å². The van der Waals surface area contributed by atoms with Crippen molar-refractivity contribution in [2.75, 3.05) is 6.61 Å². The van der Waals surface area contributed by atoms with Crippen molar-refractivity contribution in [2.24, 2.45) is 22.7 Å². The molecule has 10 atom stereocenters. The van der Waals surface area contributed by atoms with E-state index in [1.165, 1.54) is 19.9 Å². The van der Waals surface area contributed by atoms with E-state index in [0.717, 1.165) is 5.57 Å². The minimum Gasteiger partial charge on any atom is -0.465 e. The lowest BCUT2D eigenvalue weighted by atomic mass is 9.42. The zero-order valence-corrected chi connectivity index (χ0v) is 23.6. The van der Waals surface area contributed by atoms with Crippen molar-refractivity contribution in [2.45, 2.75) is 108 Å². The Hall–Kier alpha value is -2.40. The van der Waals surface area contributed by atoms with Crippen molar-refractivity contribution in [3.63, 3.8) is 0 Å². The van der Waals surface area contributed by atoms with E-state index in [1.807, 2.05) is 0 Å². The normalized spacial score (nSPS) is 48.9. The molecule has 3 saturated carbocycles. The molecule has 0 radical (unpaired) electrons. The Bertz CT molecular complexity index is 1300. The van der Waals surface area contributed by atoms with Crippen LogP contribution in [0.1, 0.15) is 73.1 Å². The summed E-state index contributed by atoms with van der Waals surface area (Å²) < 4.78 is 17.0. The lowest BCUT2D eigenvalue weighted by Crippen LogP contribution is -2.76. The number of Topliss-reactive ketones (excluding diaryl/α,β-unsaturated/α-hetero) is 1. The highest BCUT2D eigenvalue weighted by molar-refractivity contribution is 6.07. The van der Waals surface area contributed by atoms with Gasteiger partial charge in [0.15, 0.2) is 17.2 Å². The summed E-state index contributed by atoms with van der Waals surface area (Å²) in [6.07, 6.45) is 1.89. The molecule has 0 amide bonds. The number of fused-ring (bicyclic) bond motifs is 4. The van der Waals surface area contributed by atoms with Gasteiger partial charge in [-0.1, -0.05) is 5.57 Å². The lowest BCUT2D eigenvalue weighted by Gasteiger charge is -2.64. The maximum Gasteiger partial charge on any atom is 0.334 e. The van der Waals surface area contributed by atoms with Crippen LogP contribution in [-0.2, 0) is 33.4 Å². The van der Waals surface area contributed by atoms with Crippen LogP contribution in [0.4, 0.5) is 0 Å². The molecule has 4 aliphatic carbocycles. The Morgan fingerprint density at radius 2 is 1.82 bits per heavy atom. The molecule has 0 aromatic heterocycles. The number of ether oxygens (including phenoxy) is 3. The van der Waals surface area contributed by atoms with Gasteiger partial charge < -0.3 is 29.5 Å². The average Bonchev–Trinajstić information content (AvgIpc) is 3.58. The molecule has 3 N–H and O–H groups in total. The molecule has 10 nitrogen and oxygen atoms in total. The molecule has 10 heteroatoms. The van der Waals surface area contributed by atoms with Crippen LogP contribution >= 0.6 is 0 Å². The average molecular weight is 559 g/mol. The van der Waals surface area contributed by atoms with Crippen LogP contribution in [0.5, 0.6) is 0 Å². The van der Waals surface area contributed by atoms with Gasteiger partial charge in [0, 0.05) is 25.3 Å². The first-order valence-electron chi connectivity index (χ1n) is 14.1. The third-order valence-electron chi connectivity index (χ3n) is 12.1. The maximum atomic E-state index is 13.7. The summed E-state index contributed by atoms with van der Waals surface area (Å²) in [6.45, 7) is 7.35. The van der Waals surface area contributed by atoms with Crippen molar-refractivity contribution in [1.29, 1.82) is 0 Å². The van der Waals surface area contributed by atoms with Gasteiger partial charge in [-0.15, -0.1) is 0 Å². The van der Waals surface area contributed by atoms with E-state index in [0.29, 0.717) is 12.0 Å². The Labute approximate surface area is 232 Å². The summed E-state index contributed by atoms with van der Waals surface area (Å²) in [6, 6.07) is 0. The Balaban J connectivity index is 1.46. The number of hydrogen-bond donors (Lipinski definition) is 3. The molecule has 6 rings (SSSR count). The number of epoxide rings is 1. The van der Waals surface area contributed by atoms with Crippen molar-refractivity contribution in [3.8, 4) is 0 Å². The molecule has 1 spiro atoms. The smallest absolute Gasteiger partial charge is 0.334 e. The Kier molecular flexibility index (Phi) is 5.63. The second-order valence-electron chi connectivity index (χ2n) is 13.4. The highest BCUT2D eigenvalue weighted by Gasteiger charge is 2.84. The topological polar surface area (TPSA) is 160 Å². The molecule has 0 aromatic carbocycles. The molecule has 1 unspecified atom stereocenters. The van der Waals surface area contributed by atoms with Crippen LogP contribution in [0.3, 0.4) is 0 Å². The molecule has 2 heterocycles. The molecule has 2 aliphatic heterocycles. The quantitative estimate of drug-likeness (QED) is 0.341. The molecule has 0 bridgehead atoms. The van der Waals surface area contributed by atoms with E-state index < -0.39 is 75.8 Å². The van der Waals surface area contributed by atoms with E-state index in [4.69, 9.17) is 14.2 Å². The third kappa shape index (κ3) is 2.93. The summed E-state index contributed by atoms with van der Waals surface area (Å²) in [4.78, 5) is 51.8. The first kappa shape index (κ1) is 27.8. The zero-order valence-electron chi connectivity index (χ0n) is 23.6. The number of cyclic esters (lactones) is 1. The van der Waals surface area contributed by atoms with E-state index in [9.17, 15) is 34.5 Å². The number of hydrogen-bond acceptors (Lipinski definition) is 10. The second-order valence-corrected chi connectivity index (χ2v) is 13.4. The maximum absolute atomic E-state index is 13.7. The van der Waals surface area contributed by atoms with Crippen LogP contribution < -0.4 is 0 Å². The van der Waals surface area contributed by atoms with Crippen molar-refractivity contribution in [3.05, 3.63) is 23.3 Å². The predicted octanol–water partition coefficient (Wildman–Crippen LogP) is 1.48. The van der Waals surface area contributed by atoms with Gasteiger partial charge in [-0.2, -0.15) is 0 Å². The molecule has 40 heavy (non-hydrogen) atoms. The number of ketones is 2. The van der Waals surface area contributed by atoms with Gasteiger partial charge >= 0.3 is 11.9 Å². The van der Waals surface area contributed by atoms with Gasteiger partial charge in [-0.05, 0) is 77.4 Å². The highest BCUT2D eigenvalue weighted by Crippen LogP contribution is 2.73. The fraction of sp³-hybridized carbons (Fsp3) is 0.733. The van der Waals surface area contributed by atoms with Crippen molar-refractivity contribution >= 4 is 23.5 Å². The van der Waals surface area contributed by atoms with Crippen molar-refractivity contribution in [1.82, 2.24) is 0 Å². The van der Waals surface area contributed by atoms with Gasteiger partial charge in [0.25, 0.3) is 0 Å². The molecular weight excluding hydrogens is 520 g/mol. The fourth-order valence-electron chi connectivity index (χ4n) is 9.45. The summed E-state index contributed by atoms with van der Waals surface area (Å²) in [5.74, 6) is -2.93. The van der Waals surface area contributed by atoms with Gasteiger partial charge in [-0.25, -0.2) is 4.79 Å². The van der Waals surface area contributed by atoms with Gasteiger partial charge in [0.1, 0.15) is 30.0 Å². The van der Waals surface area contributed by atoms with Crippen LogP contribution in [0.2, 0.25) is 0 Å². The number of aliphatic hydroxyl groups is 3. The van der Waals surface area contributed by atoms with E-state index >= 15 is 0 Å². The number of esters is 2. The van der Waals surface area contributed by atoms with E-state index in [1.54, 1.807) is 26.8 Å². The Morgan fingerprint density at radius 1 is 1.12 bits per heavy atom. The minimum absolute atomic E-state index is 0.0126. The first-order chi connectivity index (χ1) is 18.5. The van der Waals surface area contributed by atoms with Crippen LogP contribution in [-0.4, -0.2) is 80.0 Å². The number of allylic oxidation sites excluding steroid dienone is 1. The number of rotatable bonds is 4. The first-order valence-corrected chi connectivity index (χ1v) is 14.1. The van der Waals surface area contributed by atoms with E-state index in [-0.39, 0.29) is 43.7 Å². The van der Waals surface area contributed by atoms with Crippen LogP contribution in [0, 0.1) is 22.7 Å². The molecule has 4 fully saturated rings.